The second-order valence-electron chi connectivity index (χ2n) is 7.06. The number of carbonyl (C=O) groups is 1. The minimum absolute atomic E-state index is 0.178. The Kier molecular flexibility index (Phi) is 4.57. The monoisotopic (exact) mass is 330 g/mol. The van der Waals surface area contributed by atoms with Crippen LogP contribution in [0.1, 0.15) is 47.0 Å². The van der Waals surface area contributed by atoms with Gasteiger partial charge in [0.25, 0.3) is 0 Å². The summed E-state index contributed by atoms with van der Waals surface area (Å²) in [6, 6.07) is -0.178. The van der Waals surface area contributed by atoms with Crippen LogP contribution in [0.2, 0.25) is 0 Å². The lowest BCUT2D eigenvalue weighted by molar-refractivity contribution is 0.0189. The number of aliphatic imine (C=N–C) groups is 1. The third-order valence-corrected chi connectivity index (χ3v) is 7.17. The Morgan fingerprint density at radius 1 is 1.32 bits per heavy atom. The highest BCUT2D eigenvalue weighted by Gasteiger charge is 2.56. The molecule has 7 heteroatoms. The van der Waals surface area contributed by atoms with Crippen molar-refractivity contribution in [2.24, 2.45) is 4.99 Å². The van der Waals surface area contributed by atoms with E-state index in [0.29, 0.717) is 32.4 Å². The summed E-state index contributed by atoms with van der Waals surface area (Å²) in [7, 11) is -3.16. The van der Waals surface area contributed by atoms with E-state index in [1.165, 1.54) is 0 Å². The molecule has 2 heterocycles. The van der Waals surface area contributed by atoms with Gasteiger partial charge in [-0.25, -0.2) is 13.2 Å². The number of sulfone groups is 1. The number of likely N-dealkylation sites (tertiary alicyclic amines) is 1. The second kappa shape index (κ2) is 5.83. The predicted molar refractivity (Wildman–Crippen MR) is 86.1 cm³/mol. The first-order chi connectivity index (χ1) is 10.1. The van der Waals surface area contributed by atoms with Gasteiger partial charge in [0.1, 0.15) is 5.60 Å². The number of hydrogen-bond donors (Lipinski definition) is 0. The molecule has 0 radical (unpaired) electrons. The Morgan fingerprint density at radius 3 is 2.41 bits per heavy atom. The van der Waals surface area contributed by atoms with E-state index < -0.39 is 20.2 Å². The summed E-state index contributed by atoms with van der Waals surface area (Å²) in [5.41, 5.74) is -0.541. The minimum atomic E-state index is -3.16. The van der Waals surface area contributed by atoms with Gasteiger partial charge in [0, 0.05) is 13.1 Å². The van der Waals surface area contributed by atoms with Crippen LogP contribution in [0, 0.1) is 0 Å². The fraction of sp³-hybridized carbons (Fsp3) is 0.867. The van der Waals surface area contributed by atoms with E-state index in [1.54, 1.807) is 11.1 Å². The Hall–Kier alpha value is -1.11. The van der Waals surface area contributed by atoms with Gasteiger partial charge in [-0.15, -0.1) is 0 Å². The number of carbonyl (C=O) groups excluding carboxylic acids is 1. The number of ether oxygens (including phenoxy) is 1. The van der Waals surface area contributed by atoms with Gasteiger partial charge in [-0.2, -0.15) is 0 Å². The molecule has 0 aromatic rings. The smallest absolute Gasteiger partial charge is 0.410 e. The van der Waals surface area contributed by atoms with E-state index in [9.17, 15) is 13.2 Å². The van der Waals surface area contributed by atoms with Crippen LogP contribution >= 0.6 is 0 Å². The van der Waals surface area contributed by atoms with Crippen LogP contribution in [0.4, 0.5) is 4.79 Å². The average Bonchev–Trinajstić information content (AvgIpc) is 2.63. The first kappa shape index (κ1) is 17.2. The first-order valence-corrected chi connectivity index (χ1v) is 9.44. The van der Waals surface area contributed by atoms with E-state index in [4.69, 9.17) is 4.74 Å². The Morgan fingerprint density at radius 2 is 1.91 bits per heavy atom. The molecule has 1 atom stereocenters. The van der Waals surface area contributed by atoms with Gasteiger partial charge in [0.05, 0.1) is 16.5 Å². The third kappa shape index (κ3) is 3.14. The maximum absolute atomic E-state index is 12.5. The molecule has 0 aliphatic carbocycles. The molecule has 1 spiro atoms. The number of rotatable bonds is 1. The zero-order valence-corrected chi connectivity index (χ0v) is 14.6. The van der Waals surface area contributed by atoms with Crippen LogP contribution in [0.5, 0.6) is 0 Å². The Bertz CT molecular complexity index is 555. The SMILES string of the molecule is CC=NC1CCS(=O)(=O)C12CCN(C(=O)OC(C)(C)C)CC2. The van der Waals surface area contributed by atoms with Crippen molar-refractivity contribution < 1.29 is 17.9 Å². The fourth-order valence-electron chi connectivity index (χ4n) is 3.37. The van der Waals surface area contributed by atoms with Gasteiger partial charge in [0.15, 0.2) is 9.84 Å². The van der Waals surface area contributed by atoms with Gasteiger partial charge in [-0.05, 0) is 53.2 Å². The Balaban J connectivity index is 2.11. The third-order valence-electron chi connectivity index (χ3n) is 4.48. The van der Waals surface area contributed by atoms with Gasteiger partial charge in [-0.1, -0.05) is 0 Å². The summed E-state index contributed by atoms with van der Waals surface area (Å²) in [4.78, 5) is 18.1. The molecule has 2 saturated heterocycles. The van der Waals surface area contributed by atoms with E-state index in [0.717, 1.165) is 0 Å². The maximum atomic E-state index is 12.5. The number of hydrogen-bond acceptors (Lipinski definition) is 5. The summed E-state index contributed by atoms with van der Waals surface area (Å²) in [6.45, 7) is 8.10. The van der Waals surface area contributed by atoms with Crippen LogP contribution in [0.25, 0.3) is 0 Å². The van der Waals surface area contributed by atoms with Crippen LogP contribution in [0.15, 0.2) is 4.99 Å². The van der Waals surface area contributed by atoms with Crippen LogP contribution < -0.4 is 0 Å². The normalized spacial score (nSPS) is 27.5. The molecular weight excluding hydrogens is 304 g/mol. The van der Waals surface area contributed by atoms with Crippen LogP contribution in [0.3, 0.4) is 0 Å². The summed E-state index contributed by atoms with van der Waals surface area (Å²) in [6.07, 6.45) is 2.79. The van der Waals surface area contributed by atoms with E-state index in [-0.39, 0.29) is 17.9 Å². The van der Waals surface area contributed by atoms with Gasteiger partial charge < -0.3 is 9.64 Å². The van der Waals surface area contributed by atoms with E-state index >= 15 is 0 Å². The van der Waals surface area contributed by atoms with Crippen molar-refractivity contribution >= 4 is 22.1 Å². The molecule has 2 aliphatic heterocycles. The first-order valence-electron chi connectivity index (χ1n) is 7.79. The molecule has 1 amide bonds. The van der Waals surface area contributed by atoms with Crippen LogP contribution in [-0.2, 0) is 14.6 Å². The lowest BCUT2D eigenvalue weighted by atomic mass is 9.87. The van der Waals surface area contributed by atoms with Crippen molar-refractivity contribution in [3.63, 3.8) is 0 Å². The van der Waals surface area contributed by atoms with Gasteiger partial charge in [0.2, 0.25) is 0 Å². The zero-order chi connectivity index (χ0) is 16.6. The van der Waals surface area contributed by atoms with E-state index in [2.05, 4.69) is 4.99 Å². The largest absolute Gasteiger partial charge is 0.444 e. The fourth-order valence-corrected chi connectivity index (χ4v) is 5.71. The molecule has 6 nitrogen and oxygen atoms in total. The average molecular weight is 330 g/mol. The lowest BCUT2D eigenvalue weighted by Crippen LogP contribution is -2.54. The van der Waals surface area contributed by atoms with E-state index in [1.807, 2.05) is 27.7 Å². The minimum Gasteiger partial charge on any atom is -0.444 e. The van der Waals surface area contributed by atoms with Crippen molar-refractivity contribution in [2.75, 3.05) is 18.8 Å². The standard InChI is InChI=1S/C15H26N2O4S/c1-5-16-12-6-11-22(19,20)15(12)7-9-17(10-8-15)13(18)21-14(2,3)4/h5,12H,6-11H2,1-4H3. The molecule has 126 valence electrons. The molecule has 0 saturated carbocycles. The summed E-state index contributed by atoms with van der Waals surface area (Å²) < 4.78 is 29.6. The lowest BCUT2D eigenvalue weighted by Gasteiger charge is -2.40. The highest BCUT2D eigenvalue weighted by atomic mass is 32.2. The Labute approximate surface area is 132 Å². The zero-order valence-electron chi connectivity index (χ0n) is 13.8. The quantitative estimate of drug-likeness (QED) is 0.689. The van der Waals surface area contributed by atoms with Crippen molar-refractivity contribution in [1.82, 2.24) is 4.90 Å². The number of amides is 1. The molecule has 2 rings (SSSR count). The predicted octanol–water partition coefficient (Wildman–Crippen LogP) is 2.03. The van der Waals surface area contributed by atoms with Crippen molar-refractivity contribution in [3.05, 3.63) is 0 Å². The molecule has 1 unspecified atom stereocenters. The van der Waals surface area contributed by atoms with Crippen molar-refractivity contribution in [1.29, 1.82) is 0 Å². The summed E-state index contributed by atoms with van der Waals surface area (Å²) >= 11 is 0. The van der Waals surface area contributed by atoms with Crippen LogP contribution in [-0.4, -0.2) is 60.9 Å². The maximum Gasteiger partial charge on any atom is 0.410 e. The van der Waals surface area contributed by atoms with Crippen molar-refractivity contribution in [2.45, 2.75) is 63.3 Å². The number of nitrogens with zero attached hydrogens (tertiary/aromatic N) is 2. The highest BCUT2D eigenvalue weighted by Crippen LogP contribution is 2.43. The second-order valence-corrected chi connectivity index (χ2v) is 9.51. The molecule has 0 bridgehead atoms. The summed E-state index contributed by atoms with van der Waals surface area (Å²) in [5.74, 6) is 0.196. The number of piperidine rings is 1. The molecule has 22 heavy (non-hydrogen) atoms. The molecule has 2 fully saturated rings. The van der Waals surface area contributed by atoms with Crippen molar-refractivity contribution in [3.8, 4) is 0 Å². The summed E-state index contributed by atoms with van der Waals surface area (Å²) in [5, 5.41) is 0. The van der Waals surface area contributed by atoms with Gasteiger partial charge in [-0.3, -0.25) is 4.99 Å². The molecule has 2 aliphatic rings. The molecule has 0 N–H and O–H groups in total. The van der Waals surface area contributed by atoms with Gasteiger partial charge >= 0.3 is 6.09 Å². The molecule has 0 aromatic heterocycles. The molecule has 0 aromatic carbocycles. The topological polar surface area (TPSA) is 76.0 Å². The molecular formula is C15H26N2O4S. The highest BCUT2D eigenvalue weighted by molar-refractivity contribution is 7.93.